The van der Waals surface area contributed by atoms with Crippen LogP contribution in [-0.2, 0) is 0 Å². The largest absolute Gasteiger partial charge is 0.477 e. The summed E-state index contributed by atoms with van der Waals surface area (Å²) in [7, 11) is 0. The summed E-state index contributed by atoms with van der Waals surface area (Å²) in [5.74, 6) is -1.01. The lowest BCUT2D eigenvalue weighted by Gasteiger charge is -2.00. The number of nitrogens with zero attached hydrogens (tertiary/aromatic N) is 3. The quantitative estimate of drug-likeness (QED) is 0.842. The molecule has 0 radical (unpaired) electrons. The third-order valence-corrected chi connectivity index (χ3v) is 5.46. The van der Waals surface area contributed by atoms with Crippen LogP contribution in [0.5, 0.6) is 0 Å². The van der Waals surface area contributed by atoms with Gasteiger partial charge in [0.2, 0.25) is 5.13 Å². The van der Waals surface area contributed by atoms with Crippen LogP contribution in [0.15, 0.2) is 14.9 Å². The summed E-state index contributed by atoms with van der Waals surface area (Å²) in [6.45, 7) is 5.95. The van der Waals surface area contributed by atoms with Crippen molar-refractivity contribution in [3.8, 4) is 5.13 Å². The topological polar surface area (TPSA) is 68.0 Å². The van der Waals surface area contributed by atoms with Gasteiger partial charge in [-0.05, 0) is 28.9 Å². The van der Waals surface area contributed by atoms with E-state index in [-0.39, 0.29) is 5.69 Å². The second-order valence-corrected chi connectivity index (χ2v) is 7.70. The first-order valence-corrected chi connectivity index (χ1v) is 8.00. The smallest absolute Gasteiger partial charge is 0.354 e. The third kappa shape index (κ3) is 3.18. The Hall–Kier alpha value is -0.860. The Labute approximate surface area is 127 Å². The van der Waals surface area contributed by atoms with E-state index in [9.17, 15) is 4.79 Å². The number of thioether (sulfide) groups is 1. The van der Waals surface area contributed by atoms with Crippen molar-refractivity contribution in [2.45, 2.75) is 30.2 Å². The molecule has 0 atom stereocenters. The molecule has 102 valence electrons. The third-order valence-electron chi connectivity index (χ3n) is 2.12. The lowest BCUT2D eigenvalue weighted by Crippen LogP contribution is -2.07. The highest BCUT2D eigenvalue weighted by molar-refractivity contribution is 9.10. The minimum absolute atomic E-state index is 0.125. The second-order valence-electron chi connectivity index (χ2n) is 4.13. The normalized spacial score (nSPS) is 11.2. The van der Waals surface area contributed by atoms with E-state index in [2.05, 4.69) is 39.9 Å². The Kier molecular flexibility index (Phi) is 4.32. The fourth-order valence-corrected chi connectivity index (χ4v) is 4.48. The van der Waals surface area contributed by atoms with Crippen LogP contribution in [0, 0.1) is 6.92 Å². The summed E-state index contributed by atoms with van der Waals surface area (Å²) in [4.78, 5) is 15.5. The van der Waals surface area contributed by atoms with Crippen molar-refractivity contribution in [1.29, 1.82) is 0 Å². The van der Waals surface area contributed by atoms with E-state index in [4.69, 9.17) is 5.11 Å². The van der Waals surface area contributed by atoms with Gasteiger partial charge in [0.15, 0.2) is 5.69 Å². The number of aromatic carboxylic acids is 1. The molecule has 2 rings (SSSR count). The van der Waals surface area contributed by atoms with E-state index in [1.807, 2.05) is 0 Å². The molecule has 2 aromatic heterocycles. The van der Waals surface area contributed by atoms with E-state index in [1.165, 1.54) is 22.1 Å². The molecule has 0 aromatic carbocycles. The Bertz CT molecular complexity index is 621. The van der Waals surface area contributed by atoms with Crippen LogP contribution in [0.1, 0.15) is 30.0 Å². The van der Waals surface area contributed by atoms with Crippen LogP contribution < -0.4 is 0 Å². The molecule has 0 spiro atoms. The zero-order valence-corrected chi connectivity index (χ0v) is 13.8. The second kappa shape index (κ2) is 5.64. The number of halogens is 1. The molecule has 0 amide bonds. The number of aryl methyl sites for hydroxylation is 1. The molecule has 2 heterocycles. The summed E-state index contributed by atoms with van der Waals surface area (Å²) in [6, 6.07) is 1.53. The molecular weight excluding hydrogens is 350 g/mol. The molecule has 5 nitrogen and oxygen atoms in total. The van der Waals surface area contributed by atoms with Gasteiger partial charge in [0.05, 0.1) is 9.90 Å². The van der Waals surface area contributed by atoms with Crippen LogP contribution in [-0.4, -0.2) is 31.1 Å². The Morgan fingerprint density at radius 3 is 2.84 bits per heavy atom. The van der Waals surface area contributed by atoms with Gasteiger partial charge < -0.3 is 5.11 Å². The number of aromatic nitrogens is 3. The van der Waals surface area contributed by atoms with Crippen LogP contribution in [0.3, 0.4) is 0 Å². The molecule has 0 aliphatic heterocycles. The molecule has 19 heavy (non-hydrogen) atoms. The number of carboxylic acid groups (broad SMARTS) is 1. The molecule has 0 aliphatic carbocycles. The average molecular weight is 362 g/mol. The first-order chi connectivity index (χ1) is 8.88. The molecule has 8 heteroatoms. The van der Waals surface area contributed by atoms with Gasteiger partial charge in [-0.15, -0.1) is 11.8 Å². The van der Waals surface area contributed by atoms with Crippen molar-refractivity contribution in [2.75, 3.05) is 0 Å². The van der Waals surface area contributed by atoms with E-state index in [1.54, 1.807) is 18.7 Å². The molecule has 0 saturated heterocycles. The standard InChI is InChI=1S/C11H12BrN3O2S2/c1-5(2)18-10-8(12)13-11(19-10)15-7(9(16)17)4-6(3)14-15/h4-5H,1-3H3,(H,16,17). The maximum Gasteiger partial charge on any atom is 0.354 e. The van der Waals surface area contributed by atoms with Crippen molar-refractivity contribution >= 4 is 45.0 Å². The Morgan fingerprint density at radius 2 is 2.26 bits per heavy atom. The highest BCUT2D eigenvalue weighted by atomic mass is 79.9. The van der Waals surface area contributed by atoms with Gasteiger partial charge in [-0.3, -0.25) is 0 Å². The summed E-state index contributed by atoms with van der Waals surface area (Å²) < 4.78 is 3.13. The fraction of sp³-hybridized carbons (Fsp3) is 0.364. The van der Waals surface area contributed by atoms with Crippen molar-refractivity contribution in [1.82, 2.24) is 14.8 Å². The van der Waals surface area contributed by atoms with E-state index < -0.39 is 5.97 Å². The number of thiazole rings is 1. The zero-order valence-electron chi connectivity index (χ0n) is 10.5. The number of hydrogen-bond donors (Lipinski definition) is 1. The van der Waals surface area contributed by atoms with Gasteiger partial charge in [-0.1, -0.05) is 25.2 Å². The number of rotatable bonds is 4. The average Bonchev–Trinajstić information content (AvgIpc) is 2.82. The highest BCUT2D eigenvalue weighted by Crippen LogP contribution is 2.37. The van der Waals surface area contributed by atoms with Gasteiger partial charge in [0.25, 0.3) is 0 Å². The molecule has 0 bridgehead atoms. The van der Waals surface area contributed by atoms with Crippen molar-refractivity contribution < 1.29 is 9.90 Å². The van der Waals surface area contributed by atoms with Gasteiger partial charge >= 0.3 is 5.97 Å². The molecule has 1 N–H and O–H groups in total. The number of carbonyl (C=O) groups is 1. The summed E-state index contributed by atoms with van der Waals surface area (Å²) >= 11 is 6.51. The fourth-order valence-electron chi connectivity index (χ4n) is 1.45. The van der Waals surface area contributed by atoms with Gasteiger partial charge in [-0.2, -0.15) is 9.78 Å². The minimum Gasteiger partial charge on any atom is -0.477 e. The monoisotopic (exact) mass is 361 g/mol. The van der Waals surface area contributed by atoms with Crippen LogP contribution in [0.25, 0.3) is 5.13 Å². The molecule has 0 unspecified atom stereocenters. The minimum atomic E-state index is -1.01. The molecular formula is C11H12BrN3O2S2. The number of carboxylic acids is 1. The van der Waals surface area contributed by atoms with Crippen LogP contribution >= 0.6 is 39.0 Å². The molecule has 0 saturated carbocycles. The molecule has 2 aromatic rings. The first kappa shape index (κ1) is 14.5. The maximum atomic E-state index is 11.2. The predicted molar refractivity (Wildman–Crippen MR) is 79.6 cm³/mol. The van der Waals surface area contributed by atoms with Crippen LogP contribution in [0.2, 0.25) is 0 Å². The lowest BCUT2D eigenvalue weighted by molar-refractivity contribution is 0.0687. The predicted octanol–water partition coefficient (Wildman–Crippen LogP) is 3.60. The summed E-state index contributed by atoms with van der Waals surface area (Å²) in [5.41, 5.74) is 0.779. The van der Waals surface area contributed by atoms with Gasteiger partial charge in [0, 0.05) is 5.25 Å². The van der Waals surface area contributed by atoms with E-state index in [0.29, 0.717) is 16.1 Å². The van der Waals surface area contributed by atoms with E-state index in [0.717, 1.165) is 8.81 Å². The Morgan fingerprint density at radius 1 is 1.58 bits per heavy atom. The summed E-state index contributed by atoms with van der Waals surface area (Å²) in [5, 5.41) is 14.3. The number of hydrogen-bond acceptors (Lipinski definition) is 5. The first-order valence-electron chi connectivity index (χ1n) is 5.51. The summed E-state index contributed by atoms with van der Waals surface area (Å²) in [6.07, 6.45) is 0. The Balaban J connectivity index is 2.45. The zero-order chi connectivity index (χ0) is 14.2. The lowest BCUT2D eigenvalue weighted by atomic mass is 10.4. The van der Waals surface area contributed by atoms with Gasteiger partial charge in [-0.25, -0.2) is 9.78 Å². The van der Waals surface area contributed by atoms with Crippen molar-refractivity contribution in [2.24, 2.45) is 0 Å². The van der Waals surface area contributed by atoms with Gasteiger partial charge in [0.1, 0.15) is 4.60 Å². The maximum absolute atomic E-state index is 11.2. The van der Waals surface area contributed by atoms with Crippen LogP contribution in [0.4, 0.5) is 0 Å². The highest BCUT2D eigenvalue weighted by Gasteiger charge is 2.19. The SMILES string of the molecule is Cc1cc(C(=O)O)n(-c2nc(Br)c(SC(C)C)s2)n1. The van der Waals surface area contributed by atoms with Crippen molar-refractivity contribution in [3.05, 3.63) is 22.1 Å². The molecule has 0 aliphatic rings. The van der Waals surface area contributed by atoms with Crippen molar-refractivity contribution in [3.63, 3.8) is 0 Å². The molecule has 0 fully saturated rings. The van der Waals surface area contributed by atoms with E-state index >= 15 is 0 Å².